The third-order valence-electron chi connectivity index (χ3n) is 7.78. The highest BCUT2D eigenvalue weighted by atomic mass is 31.0. The van der Waals surface area contributed by atoms with Gasteiger partial charge in [0.05, 0.1) is 7.11 Å². The molecule has 1 amide bonds. The van der Waals surface area contributed by atoms with Crippen molar-refractivity contribution in [3.05, 3.63) is 23.3 Å². The third kappa shape index (κ3) is 1.77. The van der Waals surface area contributed by atoms with E-state index in [9.17, 15) is 4.79 Å². The second-order valence-corrected chi connectivity index (χ2v) is 9.74. The molecule has 5 heteroatoms. The number of methoxy groups -OCH3 is 1. The number of carbonyl (C=O) groups excluding carboxylic acids is 1. The lowest BCUT2D eigenvalue weighted by Gasteiger charge is -2.59. The molecular formula is C21H26NO3P. The lowest BCUT2D eigenvalue weighted by molar-refractivity contribution is -0.143. The topological polar surface area (TPSA) is 38.8 Å². The van der Waals surface area contributed by atoms with E-state index >= 15 is 0 Å². The van der Waals surface area contributed by atoms with Gasteiger partial charge in [0.1, 0.15) is 6.10 Å². The minimum absolute atomic E-state index is 0.0765. The Morgan fingerprint density at radius 2 is 2.15 bits per heavy atom. The lowest BCUT2D eigenvalue weighted by Crippen LogP contribution is -2.67. The van der Waals surface area contributed by atoms with Gasteiger partial charge in [0.2, 0.25) is 5.91 Å². The molecule has 1 spiro atoms. The van der Waals surface area contributed by atoms with Crippen molar-refractivity contribution in [2.45, 2.75) is 61.7 Å². The van der Waals surface area contributed by atoms with Crippen LogP contribution in [-0.4, -0.2) is 42.3 Å². The number of hydrogen-bond acceptors (Lipinski definition) is 3. The summed E-state index contributed by atoms with van der Waals surface area (Å²) in [4.78, 5) is 15.2. The highest BCUT2D eigenvalue weighted by Crippen LogP contribution is 2.64. The average Bonchev–Trinajstić information content (AvgIpc) is 3.43. The number of likely N-dealkylation sites (tertiary alicyclic amines) is 1. The fourth-order valence-corrected chi connectivity index (χ4v) is 7.19. The Balaban J connectivity index is 1.53. The standard InChI is InChI=1S/C21H26NO3P/c1-24-15-6-4-12-10-14-13-5-7-16(26)19-21(13,17(12)18(15)25-19)8-9-22(14)20(23)11-2-3-11/h4,6,11,13-14,16,19H,2-3,5,7-10,26H2,1H3/t13?,14-,16?,19+,21+/m0/s1. The van der Waals surface area contributed by atoms with Crippen LogP contribution in [0, 0.1) is 11.8 Å². The Morgan fingerprint density at radius 3 is 2.92 bits per heavy atom. The summed E-state index contributed by atoms with van der Waals surface area (Å²) in [5, 5.41) is 0. The minimum Gasteiger partial charge on any atom is -0.493 e. The molecule has 3 aliphatic carbocycles. The number of amides is 1. The van der Waals surface area contributed by atoms with Crippen LogP contribution < -0.4 is 9.47 Å². The van der Waals surface area contributed by atoms with Crippen molar-refractivity contribution in [1.82, 2.24) is 4.90 Å². The zero-order valence-corrected chi connectivity index (χ0v) is 16.4. The smallest absolute Gasteiger partial charge is 0.225 e. The van der Waals surface area contributed by atoms with E-state index in [0.717, 1.165) is 50.1 Å². The van der Waals surface area contributed by atoms with Gasteiger partial charge in [-0.2, -0.15) is 0 Å². The predicted octanol–water partition coefficient (Wildman–Crippen LogP) is 2.91. The van der Waals surface area contributed by atoms with Crippen molar-refractivity contribution in [1.29, 1.82) is 0 Å². The summed E-state index contributed by atoms with van der Waals surface area (Å²) < 4.78 is 12.3. The SMILES string of the molecule is COc1ccc2c3c1O[C@@H]1C(P)CCC4[C@H](C2)N(C(=O)C2CC2)CC[C@]341. The molecule has 1 saturated heterocycles. The van der Waals surface area contributed by atoms with Crippen molar-refractivity contribution in [2.75, 3.05) is 13.7 Å². The molecule has 6 atom stereocenters. The number of carbonyl (C=O) groups is 1. The average molecular weight is 371 g/mol. The number of benzene rings is 1. The van der Waals surface area contributed by atoms with Gasteiger partial charge >= 0.3 is 0 Å². The van der Waals surface area contributed by atoms with Crippen LogP contribution in [0.1, 0.15) is 43.2 Å². The molecule has 2 bridgehead atoms. The summed E-state index contributed by atoms with van der Waals surface area (Å²) in [5.74, 6) is 3.13. The molecule has 6 rings (SSSR count). The van der Waals surface area contributed by atoms with Crippen LogP contribution in [0.4, 0.5) is 0 Å². The van der Waals surface area contributed by atoms with Gasteiger partial charge in [0, 0.05) is 35.1 Å². The molecule has 2 saturated carbocycles. The summed E-state index contributed by atoms with van der Waals surface area (Å²) in [6.07, 6.45) is 6.77. The van der Waals surface area contributed by atoms with Crippen LogP contribution in [0.25, 0.3) is 0 Å². The van der Waals surface area contributed by atoms with Crippen molar-refractivity contribution >= 4 is 15.1 Å². The quantitative estimate of drug-likeness (QED) is 0.751. The summed E-state index contributed by atoms with van der Waals surface area (Å²) in [7, 11) is 4.78. The van der Waals surface area contributed by atoms with Crippen molar-refractivity contribution in [2.24, 2.45) is 11.8 Å². The fraction of sp³-hybridized carbons (Fsp3) is 0.667. The number of ether oxygens (including phenoxy) is 2. The first-order chi connectivity index (χ1) is 12.6. The summed E-state index contributed by atoms with van der Waals surface area (Å²) >= 11 is 0. The molecule has 2 heterocycles. The largest absolute Gasteiger partial charge is 0.493 e. The molecule has 4 nitrogen and oxygen atoms in total. The van der Waals surface area contributed by atoms with E-state index in [-0.39, 0.29) is 11.5 Å². The minimum atomic E-state index is 0.0765. The zero-order chi connectivity index (χ0) is 17.6. The van der Waals surface area contributed by atoms with Crippen LogP contribution in [-0.2, 0) is 16.6 Å². The number of hydrogen-bond donors (Lipinski definition) is 0. The first kappa shape index (κ1) is 15.7. The molecule has 0 aromatic heterocycles. The van der Waals surface area contributed by atoms with Crippen molar-refractivity contribution in [3.63, 3.8) is 0 Å². The molecule has 0 radical (unpaired) electrons. The molecule has 138 valence electrons. The normalized spacial score (nSPS) is 39.2. The van der Waals surface area contributed by atoms with Gasteiger partial charge in [0.15, 0.2) is 11.5 Å². The van der Waals surface area contributed by atoms with Gasteiger partial charge < -0.3 is 14.4 Å². The Bertz CT molecular complexity index is 807. The van der Waals surface area contributed by atoms with Crippen molar-refractivity contribution in [3.8, 4) is 11.5 Å². The molecule has 1 aromatic rings. The fourth-order valence-electron chi connectivity index (χ4n) is 6.58. The molecule has 3 fully saturated rings. The third-order valence-corrected chi connectivity index (χ3v) is 8.46. The monoisotopic (exact) mass is 371 g/mol. The maximum absolute atomic E-state index is 13.0. The molecule has 0 N–H and O–H groups in total. The van der Waals surface area contributed by atoms with Gasteiger partial charge in [-0.05, 0) is 56.1 Å². The van der Waals surface area contributed by atoms with Gasteiger partial charge in [-0.25, -0.2) is 0 Å². The Hall–Kier alpha value is -1.28. The Kier molecular flexibility index (Phi) is 3.12. The Labute approximate surface area is 156 Å². The first-order valence-electron chi connectivity index (χ1n) is 10.1. The Morgan fingerprint density at radius 1 is 1.31 bits per heavy atom. The van der Waals surface area contributed by atoms with E-state index in [1.165, 1.54) is 17.5 Å². The molecular weight excluding hydrogens is 345 g/mol. The summed E-state index contributed by atoms with van der Waals surface area (Å²) in [6, 6.07) is 4.64. The first-order valence-corrected chi connectivity index (χ1v) is 10.7. The highest BCUT2D eigenvalue weighted by Gasteiger charge is 2.65. The molecule has 5 aliphatic rings. The van der Waals surface area contributed by atoms with Gasteiger partial charge in [-0.15, -0.1) is 9.24 Å². The van der Waals surface area contributed by atoms with Gasteiger partial charge in [-0.3, -0.25) is 4.79 Å². The second kappa shape index (κ2) is 5.16. The van der Waals surface area contributed by atoms with E-state index in [0.29, 0.717) is 29.4 Å². The van der Waals surface area contributed by atoms with Crippen LogP contribution >= 0.6 is 9.24 Å². The van der Waals surface area contributed by atoms with E-state index in [1.807, 2.05) is 0 Å². The maximum Gasteiger partial charge on any atom is 0.225 e. The molecule has 1 aromatic carbocycles. The van der Waals surface area contributed by atoms with E-state index in [2.05, 4.69) is 26.3 Å². The summed E-state index contributed by atoms with van der Waals surface area (Å²) in [5.41, 5.74) is 3.36. The van der Waals surface area contributed by atoms with Gasteiger partial charge in [0.25, 0.3) is 0 Å². The number of piperidine rings is 1. The van der Waals surface area contributed by atoms with Crippen LogP contribution in [0.3, 0.4) is 0 Å². The molecule has 3 unspecified atom stereocenters. The van der Waals surface area contributed by atoms with Crippen molar-refractivity contribution < 1.29 is 14.3 Å². The summed E-state index contributed by atoms with van der Waals surface area (Å²) in [6.45, 7) is 0.893. The van der Waals surface area contributed by atoms with Gasteiger partial charge in [-0.1, -0.05) is 6.07 Å². The van der Waals surface area contributed by atoms with E-state index < -0.39 is 0 Å². The van der Waals surface area contributed by atoms with E-state index in [1.54, 1.807) is 7.11 Å². The van der Waals surface area contributed by atoms with Crippen LogP contribution in [0.5, 0.6) is 11.5 Å². The lowest BCUT2D eigenvalue weighted by atomic mass is 9.51. The molecule has 26 heavy (non-hydrogen) atoms. The van der Waals surface area contributed by atoms with Crippen LogP contribution in [0.15, 0.2) is 12.1 Å². The number of rotatable bonds is 2. The zero-order valence-electron chi connectivity index (χ0n) is 15.2. The maximum atomic E-state index is 13.0. The van der Waals surface area contributed by atoms with E-state index in [4.69, 9.17) is 9.47 Å². The molecule has 2 aliphatic heterocycles. The van der Waals surface area contributed by atoms with Crippen LogP contribution in [0.2, 0.25) is 0 Å². The highest BCUT2D eigenvalue weighted by molar-refractivity contribution is 7.17. The predicted molar refractivity (Wildman–Crippen MR) is 102 cm³/mol. The number of nitrogens with zero attached hydrogens (tertiary/aromatic N) is 1. The second-order valence-electron chi connectivity index (χ2n) is 8.88.